The molecule has 1 atom stereocenters. The third-order valence-corrected chi connectivity index (χ3v) is 4.76. The van der Waals surface area contributed by atoms with Gasteiger partial charge in [0.1, 0.15) is 0 Å². The van der Waals surface area contributed by atoms with Crippen LogP contribution in [0.4, 0.5) is 0 Å². The molecule has 1 aromatic carbocycles. The summed E-state index contributed by atoms with van der Waals surface area (Å²) in [5.41, 5.74) is 0.967. The molecule has 22 heavy (non-hydrogen) atoms. The van der Waals surface area contributed by atoms with Gasteiger partial charge in [-0.25, -0.2) is 4.98 Å². The lowest BCUT2D eigenvalue weighted by atomic mass is 10.2. The lowest BCUT2D eigenvalue weighted by Gasteiger charge is -2.08. The van der Waals surface area contributed by atoms with Gasteiger partial charge in [-0.1, -0.05) is 47.3 Å². The molecule has 0 saturated heterocycles. The minimum Gasteiger partial charge on any atom is -0.338 e. The van der Waals surface area contributed by atoms with Crippen LogP contribution in [0.5, 0.6) is 0 Å². The van der Waals surface area contributed by atoms with Crippen molar-refractivity contribution in [2.24, 2.45) is 0 Å². The Morgan fingerprint density at radius 3 is 2.86 bits per heavy atom. The number of thioether (sulfide) groups is 1. The Kier molecular flexibility index (Phi) is 3.46. The molecule has 6 heteroatoms. The second-order valence-corrected chi connectivity index (χ2v) is 6.74. The van der Waals surface area contributed by atoms with Crippen LogP contribution in [0.25, 0.3) is 11.4 Å². The molecule has 1 fully saturated rings. The maximum Gasteiger partial charge on any atom is 0.240 e. The Labute approximate surface area is 132 Å². The molecular weight excluding hydrogens is 296 g/mol. The van der Waals surface area contributed by atoms with Crippen molar-refractivity contribution < 1.29 is 4.52 Å². The first-order valence-corrected chi connectivity index (χ1v) is 8.28. The summed E-state index contributed by atoms with van der Waals surface area (Å²) in [4.78, 5) is 8.96. The van der Waals surface area contributed by atoms with E-state index in [1.807, 2.05) is 36.5 Å². The van der Waals surface area contributed by atoms with E-state index in [1.165, 1.54) is 12.8 Å². The van der Waals surface area contributed by atoms with E-state index in [1.54, 1.807) is 11.8 Å². The zero-order chi connectivity index (χ0) is 14.9. The molecule has 0 bridgehead atoms. The van der Waals surface area contributed by atoms with Gasteiger partial charge in [0.05, 0.1) is 5.25 Å². The summed E-state index contributed by atoms with van der Waals surface area (Å²) >= 11 is 1.66. The Morgan fingerprint density at radius 1 is 1.27 bits per heavy atom. The lowest BCUT2D eigenvalue weighted by Crippen LogP contribution is -1.97. The maximum atomic E-state index is 5.43. The molecule has 1 aliphatic carbocycles. The molecule has 0 spiro atoms. The second kappa shape index (κ2) is 5.61. The van der Waals surface area contributed by atoms with E-state index in [9.17, 15) is 0 Å². The highest BCUT2D eigenvalue weighted by Gasteiger charge is 2.27. The highest BCUT2D eigenvalue weighted by atomic mass is 32.2. The average Bonchev–Trinajstić information content (AvgIpc) is 3.09. The van der Waals surface area contributed by atoms with Crippen molar-refractivity contribution in [2.75, 3.05) is 0 Å². The van der Waals surface area contributed by atoms with E-state index in [0.29, 0.717) is 17.8 Å². The van der Waals surface area contributed by atoms with Gasteiger partial charge in [0.2, 0.25) is 11.7 Å². The number of imidazole rings is 1. The topological polar surface area (TPSA) is 56.7 Å². The molecule has 1 saturated carbocycles. The minimum absolute atomic E-state index is 0.0739. The maximum absolute atomic E-state index is 5.43. The fraction of sp³-hybridized carbons (Fsp3) is 0.312. The van der Waals surface area contributed by atoms with Crippen molar-refractivity contribution >= 4 is 11.8 Å². The van der Waals surface area contributed by atoms with Gasteiger partial charge < -0.3 is 9.09 Å². The number of nitrogens with zero attached hydrogens (tertiary/aromatic N) is 4. The molecule has 2 aromatic heterocycles. The molecule has 4 rings (SSSR count). The molecule has 0 radical (unpaired) electrons. The van der Waals surface area contributed by atoms with Crippen LogP contribution in [0.15, 0.2) is 52.4 Å². The summed E-state index contributed by atoms with van der Waals surface area (Å²) in [6.07, 6.45) is 6.40. The first kappa shape index (κ1) is 13.6. The van der Waals surface area contributed by atoms with E-state index in [4.69, 9.17) is 4.52 Å². The molecule has 0 unspecified atom stereocenters. The molecule has 0 amide bonds. The van der Waals surface area contributed by atoms with Gasteiger partial charge in [-0.15, -0.1) is 0 Å². The van der Waals surface area contributed by atoms with Gasteiger partial charge in [-0.05, 0) is 19.8 Å². The minimum atomic E-state index is 0.0739. The van der Waals surface area contributed by atoms with Crippen LogP contribution in [-0.2, 0) is 0 Å². The van der Waals surface area contributed by atoms with Crippen LogP contribution in [0.2, 0.25) is 0 Å². The van der Waals surface area contributed by atoms with Crippen LogP contribution in [0, 0.1) is 0 Å². The van der Waals surface area contributed by atoms with Gasteiger partial charge in [-0.2, -0.15) is 4.98 Å². The molecular formula is C16H16N4OS. The van der Waals surface area contributed by atoms with E-state index in [2.05, 4.69) is 32.8 Å². The molecule has 3 aromatic rings. The van der Waals surface area contributed by atoms with Crippen LogP contribution in [0.3, 0.4) is 0 Å². The fourth-order valence-corrected chi connectivity index (χ4v) is 3.30. The first-order valence-electron chi connectivity index (χ1n) is 7.40. The number of aromatic nitrogens is 4. The van der Waals surface area contributed by atoms with E-state index in [-0.39, 0.29) is 5.25 Å². The van der Waals surface area contributed by atoms with Crippen molar-refractivity contribution in [3.8, 4) is 11.4 Å². The van der Waals surface area contributed by atoms with E-state index >= 15 is 0 Å². The zero-order valence-electron chi connectivity index (χ0n) is 12.2. The van der Waals surface area contributed by atoms with Gasteiger partial charge in [0.15, 0.2) is 5.16 Å². The summed E-state index contributed by atoms with van der Waals surface area (Å²) in [6.45, 7) is 2.07. The lowest BCUT2D eigenvalue weighted by molar-refractivity contribution is 0.380. The standard InChI is InChI=1S/C16H16N4OS/c1-11(22-16-17-9-10-20(16)13-7-8-13)15-18-14(19-21-15)12-5-3-2-4-6-12/h2-6,9-11,13H,7-8H2,1H3/t11-/m0/s1. The van der Waals surface area contributed by atoms with E-state index in [0.717, 1.165) is 10.7 Å². The third-order valence-electron chi connectivity index (χ3n) is 3.68. The number of hydrogen-bond donors (Lipinski definition) is 0. The summed E-state index contributed by atoms with van der Waals surface area (Å²) in [5.74, 6) is 1.27. The predicted molar refractivity (Wildman–Crippen MR) is 84.5 cm³/mol. The van der Waals surface area contributed by atoms with Crippen molar-refractivity contribution in [1.82, 2.24) is 19.7 Å². The number of rotatable bonds is 5. The summed E-state index contributed by atoms with van der Waals surface area (Å²) in [5, 5.41) is 5.18. The first-order chi connectivity index (χ1) is 10.8. The Hall–Kier alpha value is -2.08. The molecule has 112 valence electrons. The van der Waals surface area contributed by atoms with Crippen molar-refractivity contribution in [2.45, 2.75) is 36.2 Å². The SMILES string of the molecule is C[C@H](Sc1nccn1C1CC1)c1nc(-c2ccccc2)no1. The molecule has 5 nitrogen and oxygen atoms in total. The Balaban J connectivity index is 1.52. The van der Waals surface area contributed by atoms with Crippen LogP contribution < -0.4 is 0 Å². The quantitative estimate of drug-likeness (QED) is 0.663. The summed E-state index contributed by atoms with van der Waals surface area (Å²) in [7, 11) is 0. The van der Waals surface area contributed by atoms with Crippen LogP contribution in [0.1, 0.15) is 36.9 Å². The smallest absolute Gasteiger partial charge is 0.240 e. The fourth-order valence-electron chi connectivity index (χ4n) is 2.33. The van der Waals surface area contributed by atoms with Crippen molar-refractivity contribution in [1.29, 1.82) is 0 Å². The third kappa shape index (κ3) is 2.66. The number of benzene rings is 1. The monoisotopic (exact) mass is 312 g/mol. The molecule has 1 aliphatic rings. The van der Waals surface area contributed by atoms with Crippen LogP contribution >= 0.6 is 11.8 Å². The molecule has 0 aliphatic heterocycles. The van der Waals surface area contributed by atoms with Gasteiger partial charge in [0, 0.05) is 24.0 Å². The molecule has 0 N–H and O–H groups in total. The van der Waals surface area contributed by atoms with Gasteiger partial charge in [-0.3, -0.25) is 0 Å². The normalized spacial score (nSPS) is 15.9. The number of hydrogen-bond acceptors (Lipinski definition) is 5. The highest BCUT2D eigenvalue weighted by Crippen LogP contribution is 2.41. The summed E-state index contributed by atoms with van der Waals surface area (Å²) < 4.78 is 7.67. The highest BCUT2D eigenvalue weighted by molar-refractivity contribution is 7.99. The average molecular weight is 312 g/mol. The van der Waals surface area contributed by atoms with Crippen molar-refractivity contribution in [3.05, 3.63) is 48.6 Å². The predicted octanol–water partition coefficient (Wildman–Crippen LogP) is 4.12. The van der Waals surface area contributed by atoms with E-state index < -0.39 is 0 Å². The Bertz CT molecular complexity index is 763. The summed E-state index contributed by atoms with van der Waals surface area (Å²) in [6, 6.07) is 10.5. The zero-order valence-corrected chi connectivity index (χ0v) is 13.0. The van der Waals surface area contributed by atoms with Gasteiger partial charge >= 0.3 is 0 Å². The second-order valence-electron chi connectivity index (χ2n) is 5.43. The molecule has 2 heterocycles. The Morgan fingerprint density at radius 2 is 2.09 bits per heavy atom. The van der Waals surface area contributed by atoms with Crippen molar-refractivity contribution in [3.63, 3.8) is 0 Å². The van der Waals surface area contributed by atoms with Gasteiger partial charge in [0.25, 0.3) is 0 Å². The van der Waals surface area contributed by atoms with Crippen LogP contribution in [-0.4, -0.2) is 19.7 Å². The largest absolute Gasteiger partial charge is 0.338 e.